The minimum Gasteiger partial charge on any atom is -0.353 e. The van der Waals surface area contributed by atoms with Crippen LogP contribution >= 0.6 is 0 Å². The van der Waals surface area contributed by atoms with Gasteiger partial charge in [-0.25, -0.2) is 4.79 Å². The fraction of sp³-hybridized carbons (Fsp3) is 0.421. The SMILES string of the molecule is Cn1cccc1[C@H](CNC(=O)Nc1cccc(C(F)(F)F)c1)N1CCCC1. The first-order valence-corrected chi connectivity index (χ1v) is 8.92. The molecule has 27 heavy (non-hydrogen) atoms. The summed E-state index contributed by atoms with van der Waals surface area (Å²) in [6, 6.07) is 8.10. The number of aryl methyl sites for hydroxylation is 1. The molecule has 0 aliphatic carbocycles. The molecule has 3 rings (SSSR count). The highest BCUT2D eigenvalue weighted by atomic mass is 19.4. The van der Waals surface area contributed by atoms with E-state index in [9.17, 15) is 18.0 Å². The second-order valence-electron chi connectivity index (χ2n) is 6.72. The van der Waals surface area contributed by atoms with E-state index in [1.54, 1.807) is 0 Å². The Labute approximate surface area is 156 Å². The molecule has 1 atom stereocenters. The summed E-state index contributed by atoms with van der Waals surface area (Å²) in [6.45, 7) is 2.31. The summed E-state index contributed by atoms with van der Waals surface area (Å²) >= 11 is 0. The molecule has 2 heterocycles. The maximum absolute atomic E-state index is 12.8. The van der Waals surface area contributed by atoms with Crippen LogP contribution in [0, 0.1) is 0 Å². The van der Waals surface area contributed by atoms with Crippen molar-refractivity contribution in [2.75, 3.05) is 25.0 Å². The minimum atomic E-state index is -4.44. The van der Waals surface area contributed by atoms with Crippen LogP contribution in [0.2, 0.25) is 0 Å². The summed E-state index contributed by atoms with van der Waals surface area (Å²) < 4.78 is 40.4. The molecule has 1 aromatic heterocycles. The van der Waals surface area contributed by atoms with Gasteiger partial charge in [-0.2, -0.15) is 13.2 Å². The van der Waals surface area contributed by atoms with Gasteiger partial charge >= 0.3 is 12.2 Å². The molecule has 1 aliphatic rings. The van der Waals surface area contributed by atoms with Crippen molar-refractivity contribution in [3.05, 3.63) is 53.9 Å². The van der Waals surface area contributed by atoms with Gasteiger partial charge in [0.1, 0.15) is 0 Å². The fourth-order valence-electron chi connectivity index (χ4n) is 3.43. The molecular weight excluding hydrogens is 357 g/mol. The number of nitrogens with one attached hydrogen (secondary N) is 2. The summed E-state index contributed by atoms with van der Waals surface area (Å²) in [5.41, 5.74) is 0.411. The summed E-state index contributed by atoms with van der Waals surface area (Å²) in [4.78, 5) is 14.5. The van der Waals surface area contributed by atoms with Crippen LogP contribution in [0.25, 0.3) is 0 Å². The highest BCUT2D eigenvalue weighted by Gasteiger charge is 2.30. The molecule has 2 amide bonds. The molecule has 0 bridgehead atoms. The molecule has 0 saturated carbocycles. The zero-order valence-electron chi connectivity index (χ0n) is 15.1. The third kappa shape index (κ3) is 4.82. The molecule has 5 nitrogen and oxygen atoms in total. The normalized spacial score (nSPS) is 16.3. The van der Waals surface area contributed by atoms with Gasteiger partial charge in [0.05, 0.1) is 11.6 Å². The third-order valence-corrected chi connectivity index (χ3v) is 4.81. The Morgan fingerprint density at radius 3 is 2.56 bits per heavy atom. The monoisotopic (exact) mass is 380 g/mol. The van der Waals surface area contributed by atoms with Gasteiger partial charge in [-0.05, 0) is 56.3 Å². The van der Waals surface area contributed by atoms with Crippen molar-refractivity contribution in [2.24, 2.45) is 7.05 Å². The van der Waals surface area contributed by atoms with Crippen LogP contribution < -0.4 is 10.6 Å². The number of halogens is 3. The van der Waals surface area contributed by atoms with Gasteiger partial charge in [-0.3, -0.25) is 4.90 Å². The largest absolute Gasteiger partial charge is 0.416 e. The molecule has 2 aromatic rings. The van der Waals surface area contributed by atoms with E-state index >= 15 is 0 Å². The lowest BCUT2D eigenvalue weighted by atomic mass is 10.1. The van der Waals surface area contributed by atoms with E-state index in [2.05, 4.69) is 15.5 Å². The Hall–Kier alpha value is -2.48. The van der Waals surface area contributed by atoms with E-state index in [0.29, 0.717) is 6.54 Å². The second-order valence-corrected chi connectivity index (χ2v) is 6.72. The predicted molar refractivity (Wildman–Crippen MR) is 97.4 cm³/mol. The number of anilines is 1. The van der Waals surface area contributed by atoms with Gasteiger partial charge in [0.25, 0.3) is 0 Å². The standard InChI is InChI=1S/C19H23F3N4O/c1-25-9-5-8-16(25)17(26-10-2-3-11-26)13-23-18(27)24-15-7-4-6-14(12-15)19(20,21)22/h4-9,12,17H,2-3,10-11,13H2,1H3,(H2,23,24,27)/t17-/m0/s1. The van der Waals surface area contributed by atoms with Gasteiger partial charge in [-0.15, -0.1) is 0 Å². The van der Waals surface area contributed by atoms with E-state index in [-0.39, 0.29) is 11.7 Å². The molecule has 1 saturated heterocycles. The second kappa shape index (κ2) is 8.04. The number of urea groups is 1. The Bertz CT molecular complexity index is 781. The number of carbonyl (C=O) groups excluding carboxylic acids is 1. The summed E-state index contributed by atoms with van der Waals surface area (Å²) in [7, 11) is 1.96. The first-order chi connectivity index (χ1) is 12.8. The summed E-state index contributed by atoms with van der Waals surface area (Å²) in [5, 5.41) is 5.28. The van der Waals surface area contributed by atoms with Gasteiger partial charge in [0, 0.05) is 31.2 Å². The van der Waals surface area contributed by atoms with Crippen LogP contribution in [-0.2, 0) is 13.2 Å². The highest BCUT2D eigenvalue weighted by Crippen LogP contribution is 2.30. The lowest BCUT2D eigenvalue weighted by Gasteiger charge is -2.28. The summed E-state index contributed by atoms with van der Waals surface area (Å²) in [5.74, 6) is 0. The number of benzene rings is 1. The van der Waals surface area contributed by atoms with Crippen molar-refractivity contribution in [3.63, 3.8) is 0 Å². The highest BCUT2D eigenvalue weighted by molar-refractivity contribution is 5.89. The average molecular weight is 380 g/mol. The number of amides is 2. The molecule has 2 N–H and O–H groups in total. The Morgan fingerprint density at radius 1 is 1.19 bits per heavy atom. The number of aromatic nitrogens is 1. The van der Waals surface area contributed by atoms with Crippen LogP contribution in [0.5, 0.6) is 0 Å². The maximum Gasteiger partial charge on any atom is 0.416 e. The van der Waals surface area contributed by atoms with E-state index in [1.165, 1.54) is 12.1 Å². The molecule has 146 valence electrons. The molecule has 0 spiro atoms. The lowest BCUT2D eigenvalue weighted by Crippen LogP contribution is -2.39. The number of rotatable bonds is 5. The van der Waals surface area contributed by atoms with Crippen LogP contribution in [0.3, 0.4) is 0 Å². The van der Waals surface area contributed by atoms with Crippen LogP contribution in [-0.4, -0.2) is 35.1 Å². The van der Waals surface area contributed by atoms with E-state index in [1.807, 2.05) is 29.9 Å². The van der Waals surface area contributed by atoms with Crippen molar-refractivity contribution in [2.45, 2.75) is 25.1 Å². The minimum absolute atomic E-state index is 0.0276. The molecular formula is C19H23F3N4O. The Kier molecular flexibility index (Phi) is 5.74. The van der Waals surface area contributed by atoms with E-state index in [4.69, 9.17) is 0 Å². The Balaban J connectivity index is 1.64. The van der Waals surface area contributed by atoms with Crippen molar-refractivity contribution >= 4 is 11.7 Å². The number of nitrogens with zero attached hydrogens (tertiary/aromatic N) is 2. The number of alkyl halides is 3. The predicted octanol–water partition coefficient (Wildman–Crippen LogP) is 4.00. The van der Waals surface area contributed by atoms with Crippen molar-refractivity contribution < 1.29 is 18.0 Å². The first-order valence-electron chi connectivity index (χ1n) is 8.92. The van der Waals surface area contributed by atoms with Gasteiger partial charge in [0.15, 0.2) is 0 Å². The van der Waals surface area contributed by atoms with Crippen molar-refractivity contribution in [1.82, 2.24) is 14.8 Å². The number of carbonyl (C=O) groups is 1. The van der Waals surface area contributed by atoms with Gasteiger partial charge in [0.2, 0.25) is 0 Å². The van der Waals surface area contributed by atoms with Crippen molar-refractivity contribution in [3.8, 4) is 0 Å². The molecule has 1 aromatic carbocycles. The Morgan fingerprint density at radius 2 is 1.93 bits per heavy atom. The van der Waals surface area contributed by atoms with Crippen LogP contribution in [0.1, 0.15) is 30.1 Å². The number of hydrogen-bond acceptors (Lipinski definition) is 2. The first kappa shape index (κ1) is 19.3. The number of hydrogen-bond donors (Lipinski definition) is 2. The fourth-order valence-corrected chi connectivity index (χ4v) is 3.43. The molecule has 0 radical (unpaired) electrons. The molecule has 0 unspecified atom stereocenters. The molecule has 1 fully saturated rings. The van der Waals surface area contributed by atoms with Crippen LogP contribution in [0.15, 0.2) is 42.6 Å². The van der Waals surface area contributed by atoms with Crippen LogP contribution in [0.4, 0.5) is 23.7 Å². The van der Waals surface area contributed by atoms with Crippen molar-refractivity contribution in [1.29, 1.82) is 0 Å². The third-order valence-electron chi connectivity index (χ3n) is 4.81. The van der Waals surface area contributed by atoms with Gasteiger partial charge < -0.3 is 15.2 Å². The van der Waals surface area contributed by atoms with E-state index < -0.39 is 17.8 Å². The smallest absolute Gasteiger partial charge is 0.353 e. The topological polar surface area (TPSA) is 49.3 Å². The van der Waals surface area contributed by atoms with E-state index in [0.717, 1.165) is 43.8 Å². The lowest BCUT2D eigenvalue weighted by molar-refractivity contribution is -0.137. The molecule has 1 aliphatic heterocycles. The quantitative estimate of drug-likeness (QED) is 0.824. The zero-order chi connectivity index (χ0) is 19.4. The van der Waals surface area contributed by atoms with Gasteiger partial charge in [-0.1, -0.05) is 6.07 Å². The molecule has 8 heteroatoms. The zero-order valence-corrected chi connectivity index (χ0v) is 15.1. The maximum atomic E-state index is 12.8. The summed E-state index contributed by atoms with van der Waals surface area (Å²) in [6.07, 6.45) is -0.239. The number of likely N-dealkylation sites (tertiary alicyclic amines) is 1. The average Bonchev–Trinajstić information content (AvgIpc) is 3.27.